The fourth-order valence-electron chi connectivity index (χ4n) is 1.93. The second-order valence-corrected chi connectivity index (χ2v) is 5.08. The van der Waals surface area contributed by atoms with Gasteiger partial charge in [-0.1, -0.05) is 6.92 Å². The topological polar surface area (TPSA) is 24.5 Å². The normalized spacial score (nSPS) is 26.6. The van der Waals surface area contributed by atoms with Gasteiger partial charge < -0.3 is 10.1 Å². The van der Waals surface area contributed by atoms with Crippen molar-refractivity contribution in [2.24, 2.45) is 0 Å². The number of hydrogen-bond acceptors (Lipinski definition) is 3. The molecule has 1 heterocycles. The van der Waals surface area contributed by atoms with Crippen LogP contribution in [-0.2, 0) is 4.74 Å². The monoisotopic (exact) mass is 214 g/mol. The first-order chi connectivity index (χ1) is 7.01. The molecule has 0 spiro atoms. The Hall–Kier alpha value is -0.120. The standard InChI is InChI=1S/C12H26N2O/c1-6-10(2)14-7-8-15-11(9-14)12(3,4)13-5/h10-11,13H,6-9H2,1-5H3. The number of ether oxygens (including phenoxy) is 1. The lowest BCUT2D eigenvalue weighted by atomic mass is 9.95. The predicted molar refractivity (Wildman–Crippen MR) is 64.2 cm³/mol. The van der Waals surface area contributed by atoms with Gasteiger partial charge in [-0.25, -0.2) is 0 Å². The molecule has 2 unspecified atom stereocenters. The fourth-order valence-corrected chi connectivity index (χ4v) is 1.93. The van der Waals surface area contributed by atoms with Crippen molar-refractivity contribution in [2.75, 3.05) is 26.7 Å². The van der Waals surface area contributed by atoms with Gasteiger partial charge in [0.15, 0.2) is 0 Å². The minimum atomic E-state index is 0.0616. The van der Waals surface area contributed by atoms with E-state index < -0.39 is 0 Å². The number of morpholine rings is 1. The van der Waals surface area contributed by atoms with E-state index in [0.29, 0.717) is 12.1 Å². The molecule has 1 aliphatic rings. The van der Waals surface area contributed by atoms with Crippen LogP contribution in [0.4, 0.5) is 0 Å². The van der Waals surface area contributed by atoms with E-state index in [2.05, 4.69) is 37.9 Å². The van der Waals surface area contributed by atoms with E-state index in [4.69, 9.17) is 4.74 Å². The van der Waals surface area contributed by atoms with Gasteiger partial charge in [0, 0.05) is 24.7 Å². The van der Waals surface area contributed by atoms with E-state index in [1.807, 2.05) is 7.05 Å². The molecule has 1 rings (SSSR count). The SMILES string of the molecule is CCC(C)N1CCOC(C(C)(C)NC)C1. The molecule has 0 radical (unpaired) electrons. The summed E-state index contributed by atoms with van der Waals surface area (Å²) in [5, 5.41) is 3.34. The van der Waals surface area contributed by atoms with Gasteiger partial charge in [-0.3, -0.25) is 4.90 Å². The Balaban J connectivity index is 2.56. The minimum Gasteiger partial charge on any atom is -0.374 e. The molecule has 1 aliphatic heterocycles. The lowest BCUT2D eigenvalue weighted by Crippen LogP contribution is -2.58. The van der Waals surface area contributed by atoms with E-state index in [0.717, 1.165) is 19.7 Å². The summed E-state index contributed by atoms with van der Waals surface area (Å²) >= 11 is 0. The first-order valence-corrected chi connectivity index (χ1v) is 6.05. The van der Waals surface area contributed by atoms with Gasteiger partial charge in [-0.05, 0) is 34.2 Å². The van der Waals surface area contributed by atoms with E-state index >= 15 is 0 Å². The van der Waals surface area contributed by atoms with Crippen LogP contribution in [0.25, 0.3) is 0 Å². The summed E-state index contributed by atoms with van der Waals surface area (Å²) in [6, 6.07) is 0.670. The van der Waals surface area contributed by atoms with Crippen LogP contribution in [0.5, 0.6) is 0 Å². The zero-order valence-corrected chi connectivity index (χ0v) is 10.8. The molecule has 1 saturated heterocycles. The number of nitrogens with zero attached hydrogens (tertiary/aromatic N) is 1. The average Bonchev–Trinajstić information content (AvgIpc) is 2.28. The van der Waals surface area contributed by atoms with Gasteiger partial charge >= 0.3 is 0 Å². The smallest absolute Gasteiger partial charge is 0.0878 e. The Labute approximate surface area is 94.2 Å². The summed E-state index contributed by atoms with van der Waals surface area (Å²) in [6.07, 6.45) is 1.51. The van der Waals surface area contributed by atoms with Crippen molar-refractivity contribution >= 4 is 0 Å². The average molecular weight is 214 g/mol. The highest BCUT2D eigenvalue weighted by atomic mass is 16.5. The lowest BCUT2D eigenvalue weighted by Gasteiger charge is -2.43. The van der Waals surface area contributed by atoms with Gasteiger partial charge in [0.05, 0.1) is 12.7 Å². The van der Waals surface area contributed by atoms with Gasteiger partial charge in [0.25, 0.3) is 0 Å². The first kappa shape index (κ1) is 12.9. The van der Waals surface area contributed by atoms with Gasteiger partial charge in [0.2, 0.25) is 0 Å². The highest BCUT2D eigenvalue weighted by molar-refractivity contribution is 4.90. The van der Waals surface area contributed by atoms with Crippen LogP contribution in [0.1, 0.15) is 34.1 Å². The van der Waals surface area contributed by atoms with Crippen molar-refractivity contribution in [2.45, 2.75) is 51.8 Å². The first-order valence-electron chi connectivity index (χ1n) is 6.05. The van der Waals surface area contributed by atoms with Crippen LogP contribution < -0.4 is 5.32 Å². The molecule has 1 N–H and O–H groups in total. The molecule has 0 aromatic rings. The van der Waals surface area contributed by atoms with Crippen molar-refractivity contribution in [3.8, 4) is 0 Å². The van der Waals surface area contributed by atoms with E-state index in [9.17, 15) is 0 Å². The maximum atomic E-state index is 5.85. The second-order valence-electron chi connectivity index (χ2n) is 5.08. The third-order valence-electron chi connectivity index (χ3n) is 3.76. The molecule has 0 amide bonds. The predicted octanol–water partition coefficient (Wildman–Crippen LogP) is 1.48. The molecule has 2 atom stereocenters. The largest absolute Gasteiger partial charge is 0.374 e. The molecule has 1 fully saturated rings. The van der Waals surface area contributed by atoms with E-state index in [1.165, 1.54) is 6.42 Å². The van der Waals surface area contributed by atoms with E-state index in [-0.39, 0.29) is 5.54 Å². The van der Waals surface area contributed by atoms with Crippen molar-refractivity contribution in [3.05, 3.63) is 0 Å². The van der Waals surface area contributed by atoms with Crippen LogP contribution in [-0.4, -0.2) is 49.3 Å². The van der Waals surface area contributed by atoms with Crippen LogP contribution in [0.15, 0.2) is 0 Å². The summed E-state index contributed by atoms with van der Waals surface area (Å²) in [7, 11) is 2.01. The summed E-state index contributed by atoms with van der Waals surface area (Å²) < 4.78 is 5.85. The summed E-state index contributed by atoms with van der Waals surface area (Å²) in [4.78, 5) is 2.53. The second kappa shape index (κ2) is 5.28. The summed E-state index contributed by atoms with van der Waals surface area (Å²) in [6.45, 7) is 11.9. The number of nitrogens with one attached hydrogen (secondary N) is 1. The van der Waals surface area contributed by atoms with Crippen LogP contribution in [0, 0.1) is 0 Å². The zero-order valence-electron chi connectivity index (χ0n) is 10.8. The Kier molecular flexibility index (Phi) is 4.56. The molecular formula is C12H26N2O. The zero-order chi connectivity index (χ0) is 11.5. The third kappa shape index (κ3) is 3.16. The van der Waals surface area contributed by atoms with Crippen molar-refractivity contribution in [1.29, 1.82) is 0 Å². The fraction of sp³-hybridized carbons (Fsp3) is 1.00. The Morgan fingerprint density at radius 2 is 2.20 bits per heavy atom. The number of hydrogen-bond donors (Lipinski definition) is 1. The lowest BCUT2D eigenvalue weighted by molar-refractivity contribution is -0.0758. The molecule has 15 heavy (non-hydrogen) atoms. The maximum absolute atomic E-state index is 5.85. The van der Waals surface area contributed by atoms with Crippen LogP contribution in [0.2, 0.25) is 0 Å². The molecule has 3 nitrogen and oxygen atoms in total. The van der Waals surface area contributed by atoms with Gasteiger partial charge in [-0.15, -0.1) is 0 Å². The quantitative estimate of drug-likeness (QED) is 0.767. The maximum Gasteiger partial charge on any atom is 0.0878 e. The molecular weight excluding hydrogens is 188 g/mol. The molecule has 0 aromatic carbocycles. The van der Waals surface area contributed by atoms with Gasteiger partial charge in [0.1, 0.15) is 0 Å². The molecule has 90 valence electrons. The van der Waals surface area contributed by atoms with Gasteiger partial charge in [-0.2, -0.15) is 0 Å². The Bertz CT molecular complexity index is 194. The van der Waals surface area contributed by atoms with Crippen molar-refractivity contribution in [1.82, 2.24) is 10.2 Å². The van der Waals surface area contributed by atoms with E-state index in [1.54, 1.807) is 0 Å². The van der Waals surface area contributed by atoms with Crippen LogP contribution >= 0.6 is 0 Å². The molecule has 3 heteroatoms. The highest BCUT2D eigenvalue weighted by Crippen LogP contribution is 2.19. The molecule has 0 saturated carbocycles. The highest BCUT2D eigenvalue weighted by Gasteiger charge is 2.33. The number of likely N-dealkylation sites (N-methyl/N-ethyl adjacent to an activating group) is 1. The Morgan fingerprint density at radius 3 is 2.73 bits per heavy atom. The number of rotatable bonds is 4. The molecule has 0 aliphatic carbocycles. The Morgan fingerprint density at radius 1 is 1.53 bits per heavy atom. The summed E-state index contributed by atoms with van der Waals surface area (Å²) in [5.41, 5.74) is 0.0616. The summed E-state index contributed by atoms with van der Waals surface area (Å²) in [5.74, 6) is 0. The minimum absolute atomic E-state index is 0.0616. The molecule has 0 aromatic heterocycles. The third-order valence-corrected chi connectivity index (χ3v) is 3.76. The molecule has 0 bridgehead atoms. The van der Waals surface area contributed by atoms with Crippen molar-refractivity contribution in [3.63, 3.8) is 0 Å². The van der Waals surface area contributed by atoms with Crippen LogP contribution in [0.3, 0.4) is 0 Å². The van der Waals surface area contributed by atoms with Crippen molar-refractivity contribution < 1.29 is 4.74 Å².